The van der Waals surface area contributed by atoms with Crippen molar-refractivity contribution in [3.8, 4) is 0 Å². The Morgan fingerprint density at radius 3 is 2.32 bits per heavy atom. The molecule has 6 nitrogen and oxygen atoms in total. The third-order valence-electron chi connectivity index (χ3n) is 3.30. The number of aryl methyl sites for hydroxylation is 2. The highest BCUT2D eigenvalue weighted by Gasteiger charge is 2.29. The maximum atomic E-state index is 12.2. The fourth-order valence-electron chi connectivity index (χ4n) is 2.16. The highest BCUT2D eigenvalue weighted by molar-refractivity contribution is 5.85. The van der Waals surface area contributed by atoms with Gasteiger partial charge in [-0.15, -0.1) is 0 Å². The van der Waals surface area contributed by atoms with Crippen molar-refractivity contribution >= 4 is 11.9 Å². The molecule has 106 valence electrons. The Morgan fingerprint density at radius 2 is 1.95 bits per heavy atom. The van der Waals surface area contributed by atoms with E-state index in [0.717, 1.165) is 17.0 Å². The molecule has 2 N–H and O–H groups in total. The first kappa shape index (κ1) is 15.2. The number of aromatic amines is 1. The van der Waals surface area contributed by atoms with Crippen LogP contribution in [0.5, 0.6) is 0 Å². The van der Waals surface area contributed by atoms with Gasteiger partial charge in [0.2, 0.25) is 5.91 Å². The van der Waals surface area contributed by atoms with Gasteiger partial charge in [0.15, 0.2) is 0 Å². The van der Waals surface area contributed by atoms with E-state index in [1.165, 1.54) is 11.9 Å². The topological polar surface area (TPSA) is 86.3 Å². The maximum absolute atomic E-state index is 12.2. The summed E-state index contributed by atoms with van der Waals surface area (Å²) in [6.07, 6.45) is 0.168. The molecule has 1 rings (SSSR count). The van der Waals surface area contributed by atoms with Crippen molar-refractivity contribution in [3.05, 3.63) is 17.0 Å². The molecule has 0 radical (unpaired) electrons. The van der Waals surface area contributed by atoms with Crippen LogP contribution in [0.15, 0.2) is 0 Å². The fraction of sp³-hybridized carbons (Fsp3) is 0.615. The minimum absolute atomic E-state index is 0.141. The largest absolute Gasteiger partial charge is 0.480 e. The van der Waals surface area contributed by atoms with Crippen LogP contribution in [-0.2, 0) is 16.0 Å². The Hall–Kier alpha value is -1.85. The number of carbonyl (C=O) groups is 2. The number of rotatable bonds is 5. The monoisotopic (exact) mass is 267 g/mol. The lowest BCUT2D eigenvalue weighted by atomic mass is 10.0. The van der Waals surface area contributed by atoms with Crippen LogP contribution >= 0.6 is 0 Å². The third-order valence-corrected chi connectivity index (χ3v) is 3.30. The van der Waals surface area contributed by atoms with Crippen molar-refractivity contribution in [2.75, 3.05) is 7.05 Å². The molecular weight excluding hydrogens is 246 g/mol. The van der Waals surface area contributed by atoms with Crippen LogP contribution in [0, 0.1) is 19.8 Å². The minimum atomic E-state index is -0.980. The summed E-state index contributed by atoms with van der Waals surface area (Å²) in [5.41, 5.74) is 2.45. The first-order chi connectivity index (χ1) is 8.75. The van der Waals surface area contributed by atoms with Gasteiger partial charge in [0, 0.05) is 18.3 Å². The molecule has 19 heavy (non-hydrogen) atoms. The number of hydrogen-bond donors (Lipinski definition) is 2. The number of carboxylic acid groups (broad SMARTS) is 1. The summed E-state index contributed by atoms with van der Waals surface area (Å²) in [5.74, 6) is -1.34. The van der Waals surface area contributed by atoms with Gasteiger partial charge in [-0.25, -0.2) is 4.79 Å². The molecular formula is C13H21N3O3. The summed E-state index contributed by atoms with van der Waals surface area (Å²) in [6, 6.07) is -0.806. The molecule has 1 aromatic heterocycles. The number of hydrogen-bond acceptors (Lipinski definition) is 3. The highest BCUT2D eigenvalue weighted by Crippen LogP contribution is 2.15. The van der Waals surface area contributed by atoms with E-state index in [1.54, 1.807) is 13.8 Å². The summed E-state index contributed by atoms with van der Waals surface area (Å²) >= 11 is 0. The molecule has 0 aliphatic rings. The zero-order valence-electron chi connectivity index (χ0n) is 12.0. The van der Waals surface area contributed by atoms with Crippen molar-refractivity contribution in [2.24, 2.45) is 5.92 Å². The van der Waals surface area contributed by atoms with Crippen LogP contribution in [0.1, 0.15) is 30.8 Å². The van der Waals surface area contributed by atoms with Gasteiger partial charge < -0.3 is 10.0 Å². The van der Waals surface area contributed by atoms with E-state index in [0.29, 0.717) is 0 Å². The van der Waals surface area contributed by atoms with Gasteiger partial charge in [-0.1, -0.05) is 13.8 Å². The lowest BCUT2D eigenvalue weighted by Crippen LogP contribution is -2.46. The predicted molar refractivity (Wildman–Crippen MR) is 70.8 cm³/mol. The van der Waals surface area contributed by atoms with Gasteiger partial charge in [-0.3, -0.25) is 9.89 Å². The number of likely N-dealkylation sites (N-methyl/N-ethyl adjacent to an activating group) is 1. The van der Waals surface area contributed by atoms with Gasteiger partial charge in [0.1, 0.15) is 6.04 Å². The average Bonchev–Trinajstić information content (AvgIpc) is 2.59. The predicted octanol–water partition coefficient (Wildman–Crippen LogP) is 1.14. The molecule has 6 heteroatoms. The van der Waals surface area contributed by atoms with Crippen LogP contribution in [0.2, 0.25) is 0 Å². The smallest absolute Gasteiger partial charge is 0.326 e. The Morgan fingerprint density at radius 1 is 1.37 bits per heavy atom. The van der Waals surface area contributed by atoms with Gasteiger partial charge in [-0.05, 0) is 19.8 Å². The second-order valence-corrected chi connectivity index (χ2v) is 5.12. The van der Waals surface area contributed by atoms with Gasteiger partial charge >= 0.3 is 5.97 Å². The summed E-state index contributed by atoms with van der Waals surface area (Å²) in [6.45, 7) is 7.25. The Labute approximate surface area is 112 Å². The van der Waals surface area contributed by atoms with Gasteiger partial charge in [0.05, 0.1) is 12.1 Å². The minimum Gasteiger partial charge on any atom is -0.480 e. The quantitative estimate of drug-likeness (QED) is 0.837. The second-order valence-electron chi connectivity index (χ2n) is 5.12. The molecule has 0 spiro atoms. The number of nitrogens with zero attached hydrogens (tertiary/aromatic N) is 2. The molecule has 1 atom stereocenters. The normalized spacial score (nSPS) is 12.5. The second kappa shape index (κ2) is 5.86. The lowest BCUT2D eigenvalue weighted by molar-refractivity contribution is -0.150. The first-order valence-corrected chi connectivity index (χ1v) is 6.24. The fourth-order valence-corrected chi connectivity index (χ4v) is 2.16. The van der Waals surface area contributed by atoms with Crippen LogP contribution in [-0.4, -0.2) is 45.2 Å². The summed E-state index contributed by atoms with van der Waals surface area (Å²) in [4.78, 5) is 24.7. The molecule has 0 aliphatic carbocycles. The van der Waals surface area contributed by atoms with E-state index < -0.39 is 12.0 Å². The summed E-state index contributed by atoms with van der Waals surface area (Å²) in [7, 11) is 1.53. The number of amides is 1. The van der Waals surface area contributed by atoms with E-state index >= 15 is 0 Å². The van der Waals surface area contributed by atoms with Crippen LogP contribution in [0.25, 0.3) is 0 Å². The van der Waals surface area contributed by atoms with Crippen molar-refractivity contribution in [3.63, 3.8) is 0 Å². The number of carbonyl (C=O) groups excluding carboxylic acids is 1. The molecule has 0 aromatic carbocycles. The number of aromatic nitrogens is 2. The molecule has 0 aliphatic heterocycles. The SMILES string of the molecule is Cc1n[nH]c(C)c1CC(=O)N(C)C(C(=O)O)C(C)C. The van der Waals surface area contributed by atoms with E-state index in [1.807, 2.05) is 13.8 Å². The maximum Gasteiger partial charge on any atom is 0.326 e. The average molecular weight is 267 g/mol. The van der Waals surface area contributed by atoms with E-state index in [9.17, 15) is 14.7 Å². The van der Waals surface area contributed by atoms with Crippen LogP contribution in [0.3, 0.4) is 0 Å². The van der Waals surface area contributed by atoms with Crippen molar-refractivity contribution < 1.29 is 14.7 Å². The number of aliphatic carboxylic acids is 1. The third kappa shape index (κ3) is 3.33. The summed E-state index contributed by atoms with van der Waals surface area (Å²) in [5, 5.41) is 16.0. The van der Waals surface area contributed by atoms with Gasteiger partial charge in [0.25, 0.3) is 0 Å². The molecule has 0 saturated heterocycles. The van der Waals surface area contributed by atoms with Crippen molar-refractivity contribution in [1.82, 2.24) is 15.1 Å². The van der Waals surface area contributed by atoms with Crippen molar-refractivity contribution in [2.45, 2.75) is 40.2 Å². The van der Waals surface area contributed by atoms with Crippen LogP contribution < -0.4 is 0 Å². The number of carboxylic acids is 1. The Bertz CT molecular complexity index is 460. The van der Waals surface area contributed by atoms with Crippen LogP contribution in [0.4, 0.5) is 0 Å². The number of H-pyrrole nitrogens is 1. The Balaban J connectivity index is 2.86. The van der Waals surface area contributed by atoms with Crippen molar-refractivity contribution in [1.29, 1.82) is 0 Å². The molecule has 0 saturated carbocycles. The van der Waals surface area contributed by atoms with E-state index in [4.69, 9.17) is 0 Å². The van der Waals surface area contributed by atoms with Gasteiger partial charge in [-0.2, -0.15) is 5.10 Å². The lowest BCUT2D eigenvalue weighted by Gasteiger charge is -2.27. The summed E-state index contributed by atoms with van der Waals surface area (Å²) < 4.78 is 0. The first-order valence-electron chi connectivity index (χ1n) is 6.24. The molecule has 1 unspecified atom stereocenters. The molecule has 1 amide bonds. The highest BCUT2D eigenvalue weighted by atomic mass is 16.4. The zero-order chi connectivity index (χ0) is 14.7. The van der Waals surface area contributed by atoms with E-state index in [-0.39, 0.29) is 18.2 Å². The molecule has 1 heterocycles. The van der Waals surface area contributed by atoms with E-state index in [2.05, 4.69) is 10.2 Å². The molecule has 1 aromatic rings. The number of nitrogens with one attached hydrogen (secondary N) is 1. The zero-order valence-corrected chi connectivity index (χ0v) is 12.0. The molecule has 0 fully saturated rings. The standard InChI is InChI=1S/C13H21N3O3/c1-7(2)12(13(18)19)16(5)11(17)6-10-8(3)14-15-9(10)4/h7,12H,6H2,1-5H3,(H,14,15)(H,18,19). The Kier molecular flexibility index (Phi) is 4.69. The molecule has 0 bridgehead atoms.